The van der Waals surface area contributed by atoms with E-state index in [2.05, 4.69) is 14.8 Å². The van der Waals surface area contributed by atoms with Gasteiger partial charge in [0.2, 0.25) is 6.41 Å². The van der Waals surface area contributed by atoms with Crippen LogP contribution in [0.25, 0.3) is 0 Å². The lowest BCUT2D eigenvalue weighted by molar-refractivity contribution is -0.167. The molecule has 0 bridgehead atoms. The number of nitrogens with one attached hydrogen (secondary N) is 1. The lowest BCUT2D eigenvalue weighted by Crippen LogP contribution is -2.48. The van der Waals surface area contributed by atoms with E-state index in [-0.39, 0.29) is 13.0 Å². The van der Waals surface area contributed by atoms with Crippen molar-refractivity contribution < 1.29 is 19.2 Å². The number of carbonyl (C=O) groups is 2. The standard InChI is InChI=1S/C10H11ClN4O4/c11-8-3-9(13-5-12-8)15-1-2-18-7(4-15)10(17)19-14-6-16/h3,5-7H,1-2,4H2,(H,14,16)/t7-/m0/s1. The van der Waals surface area contributed by atoms with Crippen molar-refractivity contribution >= 4 is 29.8 Å². The fourth-order valence-corrected chi connectivity index (χ4v) is 1.79. The van der Waals surface area contributed by atoms with Gasteiger partial charge in [-0.25, -0.2) is 14.8 Å². The zero-order valence-corrected chi connectivity index (χ0v) is 10.5. The normalized spacial score (nSPS) is 18.8. The Balaban J connectivity index is 2.00. The van der Waals surface area contributed by atoms with Gasteiger partial charge < -0.3 is 14.5 Å². The second-order valence-corrected chi connectivity index (χ2v) is 4.05. The summed E-state index contributed by atoms with van der Waals surface area (Å²) in [6.45, 7) is 1.16. The van der Waals surface area contributed by atoms with E-state index in [1.807, 2.05) is 10.4 Å². The van der Waals surface area contributed by atoms with Gasteiger partial charge in [-0.2, -0.15) is 5.48 Å². The molecule has 1 atom stereocenters. The van der Waals surface area contributed by atoms with E-state index < -0.39 is 12.1 Å². The van der Waals surface area contributed by atoms with Crippen molar-refractivity contribution in [3.63, 3.8) is 0 Å². The molecule has 2 rings (SSSR count). The van der Waals surface area contributed by atoms with E-state index in [1.165, 1.54) is 6.33 Å². The number of hydroxylamine groups is 1. The molecule has 2 heterocycles. The molecule has 1 amide bonds. The van der Waals surface area contributed by atoms with Crippen molar-refractivity contribution in [3.8, 4) is 0 Å². The molecule has 0 saturated carbocycles. The molecule has 9 heteroatoms. The van der Waals surface area contributed by atoms with Gasteiger partial charge >= 0.3 is 5.97 Å². The number of ether oxygens (including phenoxy) is 1. The van der Waals surface area contributed by atoms with Crippen molar-refractivity contribution in [1.29, 1.82) is 0 Å². The summed E-state index contributed by atoms with van der Waals surface area (Å²) >= 11 is 5.78. The summed E-state index contributed by atoms with van der Waals surface area (Å²) in [5, 5.41) is 0.318. The van der Waals surface area contributed by atoms with Crippen molar-refractivity contribution in [2.75, 3.05) is 24.6 Å². The van der Waals surface area contributed by atoms with E-state index >= 15 is 0 Å². The third kappa shape index (κ3) is 3.52. The third-order valence-electron chi connectivity index (χ3n) is 2.48. The first-order valence-corrected chi connectivity index (χ1v) is 5.82. The molecule has 102 valence electrons. The Kier molecular flexibility index (Phi) is 4.48. The summed E-state index contributed by atoms with van der Waals surface area (Å²) in [6.07, 6.45) is 0.812. The number of rotatable bonds is 4. The summed E-state index contributed by atoms with van der Waals surface area (Å²) in [5.74, 6) is -0.0681. The van der Waals surface area contributed by atoms with Crippen LogP contribution in [0, 0.1) is 0 Å². The fourth-order valence-electron chi connectivity index (χ4n) is 1.65. The molecule has 1 N–H and O–H groups in total. The Morgan fingerprint density at radius 1 is 1.63 bits per heavy atom. The maximum absolute atomic E-state index is 11.5. The first kappa shape index (κ1) is 13.5. The highest BCUT2D eigenvalue weighted by Crippen LogP contribution is 2.17. The molecule has 1 aliphatic rings. The van der Waals surface area contributed by atoms with Crippen molar-refractivity contribution in [3.05, 3.63) is 17.5 Å². The lowest BCUT2D eigenvalue weighted by Gasteiger charge is -2.32. The molecule has 0 aliphatic carbocycles. The van der Waals surface area contributed by atoms with Crippen LogP contribution in [0.2, 0.25) is 5.15 Å². The highest BCUT2D eigenvalue weighted by atomic mass is 35.5. The van der Waals surface area contributed by atoms with Gasteiger partial charge in [-0.3, -0.25) is 4.79 Å². The predicted molar refractivity (Wildman–Crippen MR) is 64.3 cm³/mol. The predicted octanol–water partition coefficient (Wildman–Crippen LogP) is -0.461. The first-order chi connectivity index (χ1) is 9.20. The molecule has 0 spiro atoms. The summed E-state index contributed by atoms with van der Waals surface area (Å²) in [7, 11) is 0. The average molecular weight is 287 g/mol. The maximum Gasteiger partial charge on any atom is 0.362 e. The van der Waals surface area contributed by atoms with E-state index in [0.29, 0.717) is 24.1 Å². The van der Waals surface area contributed by atoms with Crippen LogP contribution in [0.15, 0.2) is 12.4 Å². The van der Waals surface area contributed by atoms with Crippen LogP contribution in [-0.4, -0.2) is 48.1 Å². The van der Waals surface area contributed by atoms with Gasteiger partial charge in [0.1, 0.15) is 17.3 Å². The van der Waals surface area contributed by atoms with Crippen molar-refractivity contribution in [2.45, 2.75) is 6.10 Å². The molecule has 0 radical (unpaired) electrons. The topological polar surface area (TPSA) is 93.7 Å². The quantitative estimate of drug-likeness (QED) is 0.455. The largest absolute Gasteiger partial charge is 0.363 e. The number of hydrogen-bond donors (Lipinski definition) is 1. The number of halogens is 1. The Morgan fingerprint density at radius 2 is 2.47 bits per heavy atom. The number of anilines is 1. The van der Waals surface area contributed by atoms with Crippen LogP contribution in [0.5, 0.6) is 0 Å². The van der Waals surface area contributed by atoms with Crippen molar-refractivity contribution in [1.82, 2.24) is 15.4 Å². The van der Waals surface area contributed by atoms with Gasteiger partial charge in [-0.1, -0.05) is 11.6 Å². The molecule has 1 aromatic rings. The molecule has 1 fully saturated rings. The molecule has 1 aromatic heterocycles. The van der Waals surface area contributed by atoms with Crippen LogP contribution in [-0.2, 0) is 19.2 Å². The van der Waals surface area contributed by atoms with Gasteiger partial charge in [0, 0.05) is 12.6 Å². The van der Waals surface area contributed by atoms with Crippen LogP contribution in [0.1, 0.15) is 0 Å². The van der Waals surface area contributed by atoms with Gasteiger partial charge in [0.05, 0.1) is 13.2 Å². The minimum absolute atomic E-state index is 0.257. The van der Waals surface area contributed by atoms with Gasteiger partial charge in [0.15, 0.2) is 6.10 Å². The van der Waals surface area contributed by atoms with Gasteiger partial charge in [-0.05, 0) is 0 Å². The summed E-state index contributed by atoms with van der Waals surface area (Å²) in [4.78, 5) is 35.7. The second-order valence-electron chi connectivity index (χ2n) is 3.66. The molecule has 0 unspecified atom stereocenters. The van der Waals surface area contributed by atoms with Gasteiger partial charge in [0.25, 0.3) is 0 Å². The van der Waals surface area contributed by atoms with Crippen LogP contribution in [0.4, 0.5) is 5.82 Å². The molecule has 1 saturated heterocycles. The highest BCUT2D eigenvalue weighted by Gasteiger charge is 2.29. The Labute approximate surface area is 113 Å². The summed E-state index contributed by atoms with van der Waals surface area (Å²) in [6, 6.07) is 1.60. The molecular formula is C10H11ClN4O4. The maximum atomic E-state index is 11.5. The van der Waals surface area contributed by atoms with E-state index in [9.17, 15) is 9.59 Å². The average Bonchev–Trinajstić information content (AvgIpc) is 2.45. The first-order valence-electron chi connectivity index (χ1n) is 5.44. The van der Waals surface area contributed by atoms with Crippen molar-refractivity contribution in [2.24, 2.45) is 0 Å². The number of amides is 1. The molecule has 8 nitrogen and oxygen atoms in total. The molecule has 1 aliphatic heterocycles. The van der Waals surface area contributed by atoms with E-state index in [0.717, 1.165) is 0 Å². The van der Waals surface area contributed by atoms with E-state index in [1.54, 1.807) is 6.07 Å². The number of hydrogen-bond acceptors (Lipinski definition) is 7. The number of morpholine rings is 1. The highest BCUT2D eigenvalue weighted by molar-refractivity contribution is 6.29. The lowest BCUT2D eigenvalue weighted by atomic mass is 10.2. The van der Waals surface area contributed by atoms with Crippen LogP contribution in [0.3, 0.4) is 0 Å². The van der Waals surface area contributed by atoms with E-state index in [4.69, 9.17) is 16.3 Å². The monoisotopic (exact) mass is 286 g/mol. The summed E-state index contributed by atoms with van der Waals surface area (Å²) in [5.41, 5.74) is 1.83. The smallest absolute Gasteiger partial charge is 0.362 e. The second kappa shape index (κ2) is 6.30. The molecular weight excluding hydrogens is 276 g/mol. The SMILES string of the molecule is O=CNOC(=O)[C@@H]1CN(c2cc(Cl)ncn2)CCO1. The fraction of sp³-hybridized carbons (Fsp3) is 0.400. The zero-order chi connectivity index (χ0) is 13.7. The molecule has 0 aromatic carbocycles. The zero-order valence-electron chi connectivity index (χ0n) is 9.78. The van der Waals surface area contributed by atoms with Crippen LogP contribution < -0.4 is 10.4 Å². The number of nitrogens with zero attached hydrogens (tertiary/aromatic N) is 3. The summed E-state index contributed by atoms with van der Waals surface area (Å²) < 4.78 is 5.27. The minimum atomic E-state index is -0.796. The van der Waals surface area contributed by atoms with Gasteiger partial charge in [-0.15, -0.1) is 0 Å². The number of aromatic nitrogens is 2. The Bertz CT molecular complexity index is 473. The Hall–Kier alpha value is -1.93. The number of carbonyl (C=O) groups excluding carboxylic acids is 2. The molecule has 19 heavy (non-hydrogen) atoms. The Morgan fingerprint density at radius 3 is 3.21 bits per heavy atom. The minimum Gasteiger partial charge on any atom is -0.363 e. The third-order valence-corrected chi connectivity index (χ3v) is 2.69. The van der Waals surface area contributed by atoms with Crippen LogP contribution >= 0.6 is 11.6 Å².